The lowest BCUT2D eigenvalue weighted by Gasteiger charge is -2.22. The van der Waals surface area contributed by atoms with E-state index >= 15 is 0 Å². The Kier molecular flexibility index (Phi) is 7.48. The van der Waals surface area contributed by atoms with Crippen molar-refractivity contribution in [1.82, 2.24) is 10.2 Å². The minimum atomic E-state index is 0.266. The summed E-state index contributed by atoms with van der Waals surface area (Å²) in [6.07, 6.45) is 1.65. The van der Waals surface area contributed by atoms with Crippen molar-refractivity contribution in [1.29, 1.82) is 0 Å². The van der Waals surface area contributed by atoms with E-state index in [1.807, 2.05) is 11.8 Å². The van der Waals surface area contributed by atoms with E-state index in [2.05, 4.69) is 26.1 Å². The van der Waals surface area contributed by atoms with Gasteiger partial charge in [0.15, 0.2) is 0 Å². The number of carbonyl (C=O) groups is 1. The second-order valence-electron chi connectivity index (χ2n) is 3.64. The number of nitrogens with zero attached hydrogens (tertiary/aromatic N) is 1. The first-order valence-corrected chi connectivity index (χ1v) is 5.66. The molecule has 84 valence electrons. The lowest BCUT2D eigenvalue weighted by molar-refractivity contribution is -0.131. The molecule has 3 nitrogen and oxygen atoms in total. The third-order valence-electron chi connectivity index (χ3n) is 2.26. The molecule has 0 rings (SSSR count). The number of hydrogen-bond acceptors (Lipinski definition) is 2. The Hall–Kier alpha value is -0.570. The standard InChI is InChI=1S/C11H24N2O/c1-5-8-13(7-3)11(14)9-10(4)12-6-2/h10,12H,5-9H2,1-4H3. The van der Waals surface area contributed by atoms with E-state index in [0.29, 0.717) is 12.5 Å². The first kappa shape index (κ1) is 13.4. The molecule has 0 heterocycles. The maximum atomic E-state index is 11.7. The van der Waals surface area contributed by atoms with Gasteiger partial charge in [0.2, 0.25) is 5.91 Å². The Bertz CT molecular complexity index is 159. The molecular formula is C11H24N2O. The van der Waals surface area contributed by atoms with Crippen molar-refractivity contribution in [2.45, 2.75) is 46.6 Å². The van der Waals surface area contributed by atoms with Gasteiger partial charge < -0.3 is 10.2 Å². The molecule has 0 saturated carbocycles. The van der Waals surface area contributed by atoms with Crippen LogP contribution in [0.4, 0.5) is 0 Å². The number of nitrogens with one attached hydrogen (secondary N) is 1. The monoisotopic (exact) mass is 200 g/mol. The first-order valence-electron chi connectivity index (χ1n) is 5.66. The predicted octanol–water partition coefficient (Wildman–Crippen LogP) is 1.63. The van der Waals surface area contributed by atoms with Gasteiger partial charge >= 0.3 is 0 Å². The van der Waals surface area contributed by atoms with E-state index in [0.717, 1.165) is 26.1 Å². The summed E-state index contributed by atoms with van der Waals surface area (Å²) in [6, 6.07) is 0.290. The van der Waals surface area contributed by atoms with Crippen molar-refractivity contribution in [2.24, 2.45) is 0 Å². The lowest BCUT2D eigenvalue weighted by Crippen LogP contribution is -2.37. The van der Waals surface area contributed by atoms with Crippen LogP contribution in [0.15, 0.2) is 0 Å². The Morgan fingerprint density at radius 3 is 2.43 bits per heavy atom. The highest BCUT2D eigenvalue weighted by molar-refractivity contribution is 5.76. The van der Waals surface area contributed by atoms with Crippen LogP contribution in [0, 0.1) is 0 Å². The van der Waals surface area contributed by atoms with E-state index in [9.17, 15) is 4.79 Å². The minimum Gasteiger partial charge on any atom is -0.343 e. The molecule has 0 aliphatic heterocycles. The Balaban J connectivity index is 3.90. The zero-order valence-corrected chi connectivity index (χ0v) is 9.97. The normalized spacial score (nSPS) is 12.6. The molecule has 0 aromatic heterocycles. The van der Waals surface area contributed by atoms with E-state index in [1.54, 1.807) is 0 Å². The molecule has 0 aromatic carbocycles. The SMILES string of the molecule is CCCN(CC)C(=O)CC(C)NCC. The first-order chi connectivity index (χ1) is 6.65. The summed E-state index contributed by atoms with van der Waals surface area (Å²) in [7, 11) is 0. The molecule has 0 aliphatic rings. The van der Waals surface area contributed by atoms with Gasteiger partial charge in [0.05, 0.1) is 0 Å². The minimum absolute atomic E-state index is 0.266. The van der Waals surface area contributed by atoms with Crippen LogP contribution in [0.2, 0.25) is 0 Å². The van der Waals surface area contributed by atoms with Gasteiger partial charge in [-0.25, -0.2) is 0 Å². The zero-order valence-electron chi connectivity index (χ0n) is 9.97. The molecular weight excluding hydrogens is 176 g/mol. The van der Waals surface area contributed by atoms with E-state index < -0.39 is 0 Å². The number of carbonyl (C=O) groups excluding carboxylic acids is 1. The van der Waals surface area contributed by atoms with Gasteiger partial charge in [-0.05, 0) is 26.8 Å². The summed E-state index contributed by atoms with van der Waals surface area (Å²) in [4.78, 5) is 13.7. The summed E-state index contributed by atoms with van der Waals surface area (Å²) in [6.45, 7) is 10.9. The molecule has 1 unspecified atom stereocenters. The van der Waals surface area contributed by atoms with E-state index in [1.165, 1.54) is 0 Å². The molecule has 0 spiro atoms. The lowest BCUT2D eigenvalue weighted by atomic mass is 10.2. The van der Waals surface area contributed by atoms with Gasteiger partial charge in [-0.3, -0.25) is 4.79 Å². The molecule has 0 radical (unpaired) electrons. The van der Waals surface area contributed by atoms with Crippen LogP contribution in [-0.4, -0.2) is 36.5 Å². The van der Waals surface area contributed by atoms with Crippen molar-refractivity contribution in [3.8, 4) is 0 Å². The Labute approximate surface area is 87.9 Å². The average Bonchev–Trinajstić information content (AvgIpc) is 2.14. The number of hydrogen-bond donors (Lipinski definition) is 1. The highest BCUT2D eigenvalue weighted by atomic mass is 16.2. The van der Waals surface area contributed by atoms with Gasteiger partial charge in [0.25, 0.3) is 0 Å². The van der Waals surface area contributed by atoms with E-state index in [4.69, 9.17) is 0 Å². The van der Waals surface area contributed by atoms with E-state index in [-0.39, 0.29) is 5.91 Å². The Morgan fingerprint density at radius 2 is 2.00 bits per heavy atom. The quantitative estimate of drug-likeness (QED) is 0.677. The van der Waals surface area contributed by atoms with Crippen molar-refractivity contribution >= 4 is 5.91 Å². The van der Waals surface area contributed by atoms with Crippen molar-refractivity contribution in [3.63, 3.8) is 0 Å². The number of rotatable bonds is 7. The summed E-state index contributed by atoms with van der Waals surface area (Å²) in [5.41, 5.74) is 0. The fourth-order valence-corrected chi connectivity index (χ4v) is 1.54. The third kappa shape index (κ3) is 5.22. The van der Waals surface area contributed by atoms with Crippen LogP contribution in [0.1, 0.15) is 40.5 Å². The highest BCUT2D eigenvalue weighted by Crippen LogP contribution is 1.99. The molecule has 0 bridgehead atoms. The second-order valence-corrected chi connectivity index (χ2v) is 3.64. The molecule has 14 heavy (non-hydrogen) atoms. The second kappa shape index (κ2) is 7.80. The molecule has 3 heteroatoms. The molecule has 1 N–H and O–H groups in total. The fraction of sp³-hybridized carbons (Fsp3) is 0.909. The van der Waals surface area contributed by atoms with Crippen LogP contribution in [0.3, 0.4) is 0 Å². The van der Waals surface area contributed by atoms with Crippen LogP contribution in [0.5, 0.6) is 0 Å². The molecule has 0 saturated heterocycles. The largest absolute Gasteiger partial charge is 0.343 e. The van der Waals surface area contributed by atoms with Gasteiger partial charge in [0, 0.05) is 25.6 Å². The van der Waals surface area contributed by atoms with Crippen LogP contribution in [0.25, 0.3) is 0 Å². The van der Waals surface area contributed by atoms with Crippen molar-refractivity contribution < 1.29 is 4.79 Å². The average molecular weight is 200 g/mol. The zero-order chi connectivity index (χ0) is 11.0. The Morgan fingerprint density at radius 1 is 1.36 bits per heavy atom. The maximum absolute atomic E-state index is 11.7. The topological polar surface area (TPSA) is 32.3 Å². The summed E-state index contributed by atoms with van der Waals surface area (Å²) in [5, 5.41) is 3.25. The van der Waals surface area contributed by atoms with Crippen molar-refractivity contribution in [3.05, 3.63) is 0 Å². The third-order valence-corrected chi connectivity index (χ3v) is 2.26. The summed E-state index contributed by atoms with van der Waals surface area (Å²) < 4.78 is 0. The highest BCUT2D eigenvalue weighted by Gasteiger charge is 2.13. The molecule has 1 atom stereocenters. The van der Waals surface area contributed by atoms with Crippen molar-refractivity contribution in [2.75, 3.05) is 19.6 Å². The number of amides is 1. The maximum Gasteiger partial charge on any atom is 0.224 e. The molecule has 0 fully saturated rings. The fourth-order valence-electron chi connectivity index (χ4n) is 1.54. The van der Waals surface area contributed by atoms with Gasteiger partial charge in [-0.15, -0.1) is 0 Å². The van der Waals surface area contributed by atoms with Gasteiger partial charge in [0.1, 0.15) is 0 Å². The smallest absolute Gasteiger partial charge is 0.224 e. The summed E-state index contributed by atoms with van der Waals surface area (Å²) in [5.74, 6) is 0.266. The molecule has 1 amide bonds. The van der Waals surface area contributed by atoms with Crippen LogP contribution in [-0.2, 0) is 4.79 Å². The predicted molar refractivity (Wildman–Crippen MR) is 60.3 cm³/mol. The van der Waals surface area contributed by atoms with Crippen LogP contribution >= 0.6 is 0 Å². The van der Waals surface area contributed by atoms with Gasteiger partial charge in [-0.2, -0.15) is 0 Å². The summed E-state index contributed by atoms with van der Waals surface area (Å²) >= 11 is 0. The molecule has 0 aromatic rings. The van der Waals surface area contributed by atoms with Crippen LogP contribution < -0.4 is 5.32 Å². The van der Waals surface area contributed by atoms with Gasteiger partial charge in [-0.1, -0.05) is 13.8 Å². The molecule has 0 aliphatic carbocycles.